The molecule has 5 nitrogen and oxygen atoms in total. The third-order valence-corrected chi connectivity index (χ3v) is 3.69. The number of aryl methyl sites for hydroxylation is 1. The van der Waals surface area contributed by atoms with E-state index >= 15 is 0 Å². The maximum atomic E-state index is 11.2. The average molecular weight is 256 g/mol. The quantitative estimate of drug-likeness (QED) is 0.792. The van der Waals surface area contributed by atoms with E-state index in [1.165, 1.54) is 12.8 Å². The smallest absolute Gasteiger partial charge is 0.153 e. The Kier molecular flexibility index (Phi) is 3.11. The van der Waals surface area contributed by atoms with E-state index in [4.69, 9.17) is 0 Å². The summed E-state index contributed by atoms with van der Waals surface area (Å²) in [4.78, 5) is 19.7. The Morgan fingerprint density at radius 3 is 2.63 bits per heavy atom. The molecule has 0 amide bonds. The number of aromatic nitrogens is 4. The third kappa shape index (κ3) is 2.16. The Balaban J connectivity index is 2.05. The fraction of sp³-hybridized carbons (Fsp3) is 0.429. The van der Waals surface area contributed by atoms with Gasteiger partial charge in [-0.25, -0.2) is 0 Å². The van der Waals surface area contributed by atoms with Crippen molar-refractivity contribution in [2.75, 3.05) is 0 Å². The van der Waals surface area contributed by atoms with Gasteiger partial charge in [0.05, 0.1) is 17.3 Å². The van der Waals surface area contributed by atoms with E-state index < -0.39 is 0 Å². The van der Waals surface area contributed by atoms with Gasteiger partial charge in [0.1, 0.15) is 11.4 Å². The van der Waals surface area contributed by atoms with Crippen LogP contribution < -0.4 is 0 Å². The molecular weight excluding hydrogens is 240 g/mol. The monoisotopic (exact) mass is 256 g/mol. The van der Waals surface area contributed by atoms with Crippen LogP contribution in [-0.2, 0) is 0 Å². The molecule has 1 saturated carbocycles. The fourth-order valence-electron chi connectivity index (χ4n) is 2.67. The summed E-state index contributed by atoms with van der Waals surface area (Å²) in [5.41, 5.74) is 2.73. The molecule has 0 N–H and O–H groups in total. The summed E-state index contributed by atoms with van der Waals surface area (Å²) in [6, 6.07) is 0.421. The van der Waals surface area contributed by atoms with E-state index in [9.17, 15) is 4.79 Å². The van der Waals surface area contributed by atoms with Crippen LogP contribution in [0.1, 0.15) is 47.8 Å². The molecule has 0 bridgehead atoms. The molecule has 3 rings (SSSR count). The summed E-state index contributed by atoms with van der Waals surface area (Å²) in [6.07, 6.45) is 10.7. The molecule has 1 aliphatic rings. The van der Waals surface area contributed by atoms with Gasteiger partial charge >= 0.3 is 0 Å². The Hall–Kier alpha value is -2.04. The van der Waals surface area contributed by atoms with Crippen molar-refractivity contribution >= 4 is 6.29 Å². The lowest BCUT2D eigenvalue weighted by atomic mass is 10.2. The van der Waals surface area contributed by atoms with Gasteiger partial charge < -0.3 is 0 Å². The van der Waals surface area contributed by atoms with E-state index in [1.54, 1.807) is 12.4 Å². The van der Waals surface area contributed by atoms with Crippen LogP contribution in [-0.4, -0.2) is 26.0 Å². The fourth-order valence-corrected chi connectivity index (χ4v) is 2.67. The van der Waals surface area contributed by atoms with Gasteiger partial charge in [0.25, 0.3) is 0 Å². The van der Waals surface area contributed by atoms with Gasteiger partial charge in [-0.1, -0.05) is 12.8 Å². The molecule has 19 heavy (non-hydrogen) atoms. The number of hydrogen-bond acceptors (Lipinski definition) is 4. The van der Waals surface area contributed by atoms with Gasteiger partial charge in [0, 0.05) is 18.6 Å². The molecule has 2 aromatic rings. The van der Waals surface area contributed by atoms with Gasteiger partial charge in [0.15, 0.2) is 6.29 Å². The molecule has 1 fully saturated rings. The lowest BCUT2D eigenvalue weighted by Crippen LogP contribution is -2.05. The molecule has 0 radical (unpaired) electrons. The molecule has 0 unspecified atom stereocenters. The first-order valence-corrected chi connectivity index (χ1v) is 6.62. The second-order valence-electron chi connectivity index (χ2n) is 4.96. The molecule has 5 heteroatoms. The molecule has 0 spiro atoms. The van der Waals surface area contributed by atoms with Crippen LogP contribution in [0.5, 0.6) is 0 Å². The molecule has 98 valence electrons. The van der Waals surface area contributed by atoms with Crippen molar-refractivity contribution in [3.63, 3.8) is 0 Å². The van der Waals surface area contributed by atoms with E-state index in [1.807, 2.05) is 17.8 Å². The third-order valence-electron chi connectivity index (χ3n) is 3.69. The Bertz CT molecular complexity index is 599. The highest BCUT2D eigenvalue weighted by Gasteiger charge is 2.21. The highest BCUT2D eigenvalue weighted by molar-refractivity contribution is 5.84. The summed E-state index contributed by atoms with van der Waals surface area (Å²) < 4.78 is 1.93. The highest BCUT2D eigenvalue weighted by Crippen LogP contribution is 2.31. The molecule has 2 heterocycles. The minimum absolute atomic E-state index is 0.421. The minimum Gasteiger partial charge on any atom is -0.298 e. The molecule has 0 atom stereocenters. The molecule has 1 aliphatic carbocycles. The SMILES string of the molecule is Cc1nccnc1-c1nn(C2CCCC2)cc1C=O. The number of nitrogens with zero attached hydrogens (tertiary/aromatic N) is 4. The lowest BCUT2D eigenvalue weighted by Gasteiger charge is -2.08. The second-order valence-corrected chi connectivity index (χ2v) is 4.96. The number of aldehydes is 1. The van der Waals surface area contributed by atoms with Crippen molar-refractivity contribution < 1.29 is 4.79 Å². The lowest BCUT2D eigenvalue weighted by molar-refractivity contribution is 0.112. The average Bonchev–Trinajstić information content (AvgIpc) is 3.08. The Morgan fingerprint density at radius 2 is 1.95 bits per heavy atom. The normalized spacial score (nSPS) is 15.8. The van der Waals surface area contributed by atoms with Crippen LogP contribution in [0.25, 0.3) is 11.4 Å². The zero-order valence-corrected chi connectivity index (χ0v) is 10.9. The predicted molar refractivity (Wildman–Crippen MR) is 70.9 cm³/mol. The maximum absolute atomic E-state index is 11.2. The van der Waals surface area contributed by atoms with Crippen molar-refractivity contribution in [3.8, 4) is 11.4 Å². The van der Waals surface area contributed by atoms with Gasteiger partial charge in [-0.3, -0.25) is 19.4 Å². The van der Waals surface area contributed by atoms with Crippen LogP contribution in [0.4, 0.5) is 0 Å². The highest BCUT2D eigenvalue weighted by atomic mass is 16.1. The van der Waals surface area contributed by atoms with Crippen molar-refractivity contribution in [1.29, 1.82) is 0 Å². The van der Waals surface area contributed by atoms with Crippen molar-refractivity contribution in [2.24, 2.45) is 0 Å². The Morgan fingerprint density at radius 1 is 1.21 bits per heavy atom. The first kappa shape index (κ1) is 12.0. The Labute approximate surface area is 111 Å². The summed E-state index contributed by atoms with van der Waals surface area (Å²) in [7, 11) is 0. The maximum Gasteiger partial charge on any atom is 0.153 e. The number of carbonyl (C=O) groups excluding carboxylic acids is 1. The topological polar surface area (TPSA) is 60.7 Å². The van der Waals surface area contributed by atoms with Crippen molar-refractivity contribution in [3.05, 3.63) is 29.8 Å². The molecule has 0 aromatic carbocycles. The second kappa shape index (κ2) is 4.91. The van der Waals surface area contributed by atoms with Crippen LogP contribution in [0.3, 0.4) is 0 Å². The van der Waals surface area contributed by atoms with Crippen LogP contribution >= 0.6 is 0 Å². The number of rotatable bonds is 3. The zero-order valence-electron chi connectivity index (χ0n) is 10.9. The van der Waals surface area contributed by atoms with E-state index in [2.05, 4.69) is 15.1 Å². The van der Waals surface area contributed by atoms with Crippen LogP contribution in [0, 0.1) is 6.92 Å². The van der Waals surface area contributed by atoms with E-state index in [0.717, 1.165) is 24.8 Å². The molecule has 0 saturated heterocycles. The standard InChI is InChI=1S/C14H16N4O/c1-10-13(16-7-6-15-10)14-11(9-19)8-18(17-14)12-4-2-3-5-12/h6-9,12H,2-5H2,1H3. The number of hydrogen-bond donors (Lipinski definition) is 0. The largest absolute Gasteiger partial charge is 0.298 e. The first-order chi connectivity index (χ1) is 9.29. The summed E-state index contributed by atoms with van der Waals surface area (Å²) in [5.74, 6) is 0. The summed E-state index contributed by atoms with van der Waals surface area (Å²) in [6.45, 7) is 1.88. The van der Waals surface area contributed by atoms with E-state index in [-0.39, 0.29) is 0 Å². The summed E-state index contributed by atoms with van der Waals surface area (Å²) in [5, 5.41) is 4.58. The minimum atomic E-state index is 0.421. The number of carbonyl (C=O) groups is 1. The van der Waals surface area contributed by atoms with Gasteiger partial charge in [-0.15, -0.1) is 0 Å². The van der Waals surface area contributed by atoms with Crippen molar-refractivity contribution in [2.45, 2.75) is 38.6 Å². The summed E-state index contributed by atoms with van der Waals surface area (Å²) >= 11 is 0. The molecule has 2 aromatic heterocycles. The predicted octanol–water partition coefficient (Wildman–Crippen LogP) is 2.58. The first-order valence-electron chi connectivity index (χ1n) is 6.62. The molecular formula is C14H16N4O. The zero-order chi connectivity index (χ0) is 13.2. The van der Waals surface area contributed by atoms with Crippen LogP contribution in [0.2, 0.25) is 0 Å². The van der Waals surface area contributed by atoms with Crippen molar-refractivity contribution in [1.82, 2.24) is 19.7 Å². The van der Waals surface area contributed by atoms with E-state index in [0.29, 0.717) is 23.0 Å². The van der Waals surface area contributed by atoms with Gasteiger partial charge in [0.2, 0.25) is 0 Å². The van der Waals surface area contributed by atoms with Gasteiger partial charge in [-0.2, -0.15) is 5.10 Å². The van der Waals surface area contributed by atoms with Gasteiger partial charge in [-0.05, 0) is 19.8 Å². The van der Waals surface area contributed by atoms with Crippen LogP contribution in [0.15, 0.2) is 18.6 Å². The molecule has 0 aliphatic heterocycles.